The minimum absolute atomic E-state index is 0.0393. The lowest BCUT2D eigenvalue weighted by Crippen LogP contribution is -2.29. The van der Waals surface area contributed by atoms with Crippen LogP contribution in [-0.2, 0) is 14.2 Å². The smallest absolute Gasteiger partial charge is 0.104 e. The molecule has 0 saturated carbocycles. The molecule has 2 unspecified atom stereocenters. The van der Waals surface area contributed by atoms with Crippen LogP contribution < -0.4 is 0 Å². The van der Waals surface area contributed by atoms with Crippen molar-refractivity contribution in [2.75, 3.05) is 26.4 Å². The summed E-state index contributed by atoms with van der Waals surface area (Å²) in [6, 6.07) is 0. The van der Waals surface area contributed by atoms with E-state index in [1.165, 1.54) is 51.4 Å². The lowest BCUT2D eigenvalue weighted by Gasteiger charge is -2.30. The van der Waals surface area contributed by atoms with Gasteiger partial charge in [-0.05, 0) is 33.1 Å². The van der Waals surface area contributed by atoms with Crippen molar-refractivity contribution in [3.8, 4) is 0 Å². The third-order valence-electron chi connectivity index (χ3n) is 4.50. The molecule has 0 spiro atoms. The molecule has 1 aliphatic rings. The van der Waals surface area contributed by atoms with E-state index < -0.39 is 0 Å². The Hall–Kier alpha value is -0.120. The summed E-state index contributed by atoms with van der Waals surface area (Å²) >= 11 is 0. The maximum Gasteiger partial charge on any atom is 0.104 e. The molecule has 0 radical (unpaired) electrons. The summed E-state index contributed by atoms with van der Waals surface area (Å²) in [6.45, 7) is 9.94. The van der Waals surface area contributed by atoms with Gasteiger partial charge in [0.1, 0.15) is 6.10 Å². The Labute approximate surface area is 138 Å². The first-order valence-corrected chi connectivity index (χ1v) is 9.53. The summed E-state index contributed by atoms with van der Waals surface area (Å²) in [6.07, 6.45) is 13.3. The highest BCUT2D eigenvalue weighted by atomic mass is 16.6. The molecule has 132 valence electrons. The normalized spacial score (nSPS) is 20.0. The topological polar surface area (TPSA) is 31.0 Å². The molecule has 3 heteroatoms. The van der Waals surface area contributed by atoms with Gasteiger partial charge in [0.2, 0.25) is 0 Å². The predicted molar refractivity (Wildman–Crippen MR) is 92.4 cm³/mol. The van der Waals surface area contributed by atoms with E-state index in [-0.39, 0.29) is 5.60 Å². The first-order chi connectivity index (χ1) is 10.7. The molecule has 0 aromatic heterocycles. The van der Waals surface area contributed by atoms with Gasteiger partial charge in [0.15, 0.2) is 0 Å². The van der Waals surface area contributed by atoms with Crippen LogP contribution in [0.5, 0.6) is 0 Å². The van der Waals surface area contributed by atoms with Gasteiger partial charge in [0.25, 0.3) is 0 Å². The average Bonchev–Trinajstić information content (AvgIpc) is 3.30. The summed E-state index contributed by atoms with van der Waals surface area (Å²) in [5, 5.41) is 0. The molecule has 3 nitrogen and oxygen atoms in total. The van der Waals surface area contributed by atoms with Gasteiger partial charge >= 0.3 is 0 Å². The minimum atomic E-state index is 0.0393. The van der Waals surface area contributed by atoms with Crippen LogP contribution in [0.3, 0.4) is 0 Å². The second-order valence-corrected chi connectivity index (χ2v) is 6.89. The molecule has 0 bridgehead atoms. The Morgan fingerprint density at radius 3 is 2.23 bits per heavy atom. The van der Waals surface area contributed by atoms with E-state index >= 15 is 0 Å². The van der Waals surface area contributed by atoms with Crippen molar-refractivity contribution in [1.29, 1.82) is 0 Å². The van der Waals surface area contributed by atoms with E-state index in [0.29, 0.717) is 6.10 Å². The standard InChI is InChI=1S/C19H38O3/c1-4-6-7-8-9-10-11-13-19(3,22-5-2)14-12-15-20-16-18-17-21-18/h18H,4-17H2,1-3H3. The lowest BCUT2D eigenvalue weighted by molar-refractivity contribution is -0.0444. The number of hydrogen-bond acceptors (Lipinski definition) is 3. The van der Waals surface area contributed by atoms with Crippen LogP contribution >= 0.6 is 0 Å². The Balaban J connectivity index is 2.03. The van der Waals surface area contributed by atoms with Crippen LogP contribution in [0.15, 0.2) is 0 Å². The van der Waals surface area contributed by atoms with E-state index in [0.717, 1.165) is 39.3 Å². The predicted octanol–water partition coefficient (Wildman–Crippen LogP) is 5.12. The number of epoxide rings is 1. The number of rotatable bonds is 16. The van der Waals surface area contributed by atoms with Gasteiger partial charge in [-0.25, -0.2) is 0 Å². The van der Waals surface area contributed by atoms with Crippen molar-refractivity contribution in [1.82, 2.24) is 0 Å². The summed E-state index contributed by atoms with van der Waals surface area (Å²) < 4.78 is 16.8. The first kappa shape index (κ1) is 19.9. The molecule has 22 heavy (non-hydrogen) atoms. The highest BCUT2D eigenvalue weighted by Crippen LogP contribution is 2.25. The summed E-state index contributed by atoms with van der Waals surface area (Å²) in [4.78, 5) is 0. The second kappa shape index (κ2) is 12.3. The van der Waals surface area contributed by atoms with Gasteiger partial charge in [-0.2, -0.15) is 0 Å². The van der Waals surface area contributed by atoms with E-state index in [4.69, 9.17) is 14.2 Å². The summed E-state index contributed by atoms with van der Waals surface area (Å²) in [5.74, 6) is 0. The SMILES string of the molecule is CCCCCCCCCC(C)(CCCOCC1CO1)OCC. The third kappa shape index (κ3) is 10.6. The Kier molecular flexibility index (Phi) is 11.2. The molecule has 1 rings (SSSR count). The van der Waals surface area contributed by atoms with E-state index in [1.807, 2.05) is 0 Å². The van der Waals surface area contributed by atoms with Crippen LogP contribution in [0.1, 0.15) is 85.0 Å². The molecular formula is C19H38O3. The van der Waals surface area contributed by atoms with Crippen molar-refractivity contribution in [2.24, 2.45) is 0 Å². The average molecular weight is 315 g/mol. The van der Waals surface area contributed by atoms with Crippen molar-refractivity contribution in [3.05, 3.63) is 0 Å². The Bertz CT molecular complexity index is 253. The van der Waals surface area contributed by atoms with Gasteiger partial charge in [0, 0.05) is 13.2 Å². The monoisotopic (exact) mass is 314 g/mol. The Morgan fingerprint density at radius 1 is 0.955 bits per heavy atom. The number of hydrogen-bond donors (Lipinski definition) is 0. The van der Waals surface area contributed by atoms with Crippen LogP contribution in [-0.4, -0.2) is 38.1 Å². The second-order valence-electron chi connectivity index (χ2n) is 6.89. The number of ether oxygens (including phenoxy) is 3. The maximum absolute atomic E-state index is 6.03. The van der Waals surface area contributed by atoms with Gasteiger partial charge < -0.3 is 14.2 Å². The highest BCUT2D eigenvalue weighted by molar-refractivity contribution is 4.75. The molecule has 0 aromatic carbocycles. The minimum Gasteiger partial charge on any atom is -0.379 e. The molecule has 1 saturated heterocycles. The van der Waals surface area contributed by atoms with E-state index in [9.17, 15) is 0 Å². The van der Waals surface area contributed by atoms with Crippen LogP contribution in [0, 0.1) is 0 Å². The van der Waals surface area contributed by atoms with Gasteiger partial charge in [-0.3, -0.25) is 0 Å². The van der Waals surface area contributed by atoms with Crippen molar-refractivity contribution >= 4 is 0 Å². The fourth-order valence-electron chi connectivity index (χ4n) is 3.00. The first-order valence-electron chi connectivity index (χ1n) is 9.53. The van der Waals surface area contributed by atoms with Crippen molar-refractivity contribution in [2.45, 2.75) is 96.7 Å². The molecule has 1 aliphatic heterocycles. The van der Waals surface area contributed by atoms with Crippen molar-refractivity contribution in [3.63, 3.8) is 0 Å². The quantitative estimate of drug-likeness (QED) is 0.293. The van der Waals surface area contributed by atoms with Gasteiger partial charge in [-0.15, -0.1) is 0 Å². The molecule has 0 aliphatic carbocycles. The molecule has 1 heterocycles. The van der Waals surface area contributed by atoms with Crippen LogP contribution in [0.4, 0.5) is 0 Å². The zero-order valence-corrected chi connectivity index (χ0v) is 15.2. The summed E-state index contributed by atoms with van der Waals surface area (Å²) in [5.41, 5.74) is 0.0393. The van der Waals surface area contributed by atoms with Crippen LogP contribution in [0.2, 0.25) is 0 Å². The highest BCUT2D eigenvalue weighted by Gasteiger charge is 2.24. The largest absolute Gasteiger partial charge is 0.379 e. The van der Waals surface area contributed by atoms with E-state index in [2.05, 4.69) is 20.8 Å². The molecular weight excluding hydrogens is 276 g/mol. The number of unbranched alkanes of at least 4 members (excludes halogenated alkanes) is 6. The third-order valence-corrected chi connectivity index (χ3v) is 4.50. The Morgan fingerprint density at radius 2 is 1.59 bits per heavy atom. The van der Waals surface area contributed by atoms with Crippen molar-refractivity contribution < 1.29 is 14.2 Å². The lowest BCUT2D eigenvalue weighted by atomic mass is 9.92. The summed E-state index contributed by atoms with van der Waals surface area (Å²) in [7, 11) is 0. The molecule has 2 atom stereocenters. The zero-order valence-electron chi connectivity index (χ0n) is 15.2. The van der Waals surface area contributed by atoms with Gasteiger partial charge in [0.05, 0.1) is 18.8 Å². The zero-order chi connectivity index (χ0) is 16.1. The molecule has 0 amide bonds. The van der Waals surface area contributed by atoms with Gasteiger partial charge in [-0.1, -0.05) is 51.9 Å². The molecule has 0 N–H and O–H groups in total. The fraction of sp³-hybridized carbons (Fsp3) is 1.00. The fourth-order valence-corrected chi connectivity index (χ4v) is 3.00. The van der Waals surface area contributed by atoms with E-state index in [1.54, 1.807) is 0 Å². The molecule has 0 aromatic rings. The maximum atomic E-state index is 6.03. The molecule has 1 fully saturated rings. The van der Waals surface area contributed by atoms with Crippen LogP contribution in [0.25, 0.3) is 0 Å².